The third kappa shape index (κ3) is 41.1. The van der Waals surface area contributed by atoms with Crippen LogP contribution in [-0.2, 0) is 14.3 Å². The molecule has 0 heterocycles. The Morgan fingerprint density at radius 3 is 1.25 bits per heavy atom. The summed E-state index contributed by atoms with van der Waals surface area (Å²) in [5.74, 6) is -0.464. The Hall–Kier alpha value is -1.40. The predicted octanol–water partition coefficient (Wildman–Crippen LogP) is 15.0. The van der Waals surface area contributed by atoms with Crippen molar-refractivity contribution in [3.8, 4) is 0 Å². The maximum atomic E-state index is 13.2. The number of esters is 1. The van der Waals surface area contributed by atoms with E-state index in [4.69, 9.17) is 4.74 Å². The highest BCUT2D eigenvalue weighted by Gasteiger charge is 2.24. The van der Waals surface area contributed by atoms with E-state index in [-0.39, 0.29) is 24.9 Å². The van der Waals surface area contributed by atoms with Crippen LogP contribution in [-0.4, -0.2) is 46.9 Å². The third-order valence-electron chi connectivity index (χ3n) is 11.8. The van der Waals surface area contributed by atoms with Gasteiger partial charge in [0.25, 0.3) is 0 Å². The molecule has 0 fully saturated rings. The van der Waals surface area contributed by atoms with E-state index >= 15 is 0 Å². The number of carbonyl (C=O) groups is 2. The maximum Gasteiger partial charge on any atom is 0.306 e. The lowest BCUT2D eigenvalue weighted by Crippen LogP contribution is -2.46. The van der Waals surface area contributed by atoms with Crippen molar-refractivity contribution in [3.05, 3.63) is 12.2 Å². The van der Waals surface area contributed by atoms with Gasteiger partial charge in [-0.05, 0) is 51.4 Å². The van der Waals surface area contributed by atoms with Crippen LogP contribution >= 0.6 is 0 Å². The average Bonchev–Trinajstić information content (AvgIpc) is 3.20. The number of unbranched alkanes of at least 4 members (excludes halogenated alkanes) is 32. The largest absolute Gasteiger partial charge is 0.462 e. The van der Waals surface area contributed by atoms with Crippen LogP contribution in [0.2, 0.25) is 0 Å². The molecular formula is C51H99NO5. The molecule has 0 bridgehead atoms. The first-order valence-electron chi connectivity index (χ1n) is 25.4. The molecule has 0 aromatic heterocycles. The summed E-state index contributed by atoms with van der Waals surface area (Å²) >= 11 is 0. The standard InChI is InChI=1S/C51H99NO5/c1-4-7-10-13-16-19-22-23-24-25-26-27-29-32-35-38-41-44-51(56)57-47(42-39-36-33-30-28-20-17-14-11-8-5-2)45-50(55)52-48(46-53)49(54)43-40-37-34-31-21-18-15-12-9-6-3/h23-24,47-49,53-54H,4-22,25-46H2,1-3H3,(H,52,55)/b24-23+. The molecule has 0 aromatic carbocycles. The number of allylic oxidation sites excluding steroid dienone is 2. The molecule has 0 saturated carbocycles. The smallest absolute Gasteiger partial charge is 0.306 e. The van der Waals surface area contributed by atoms with Gasteiger partial charge in [0.1, 0.15) is 6.10 Å². The van der Waals surface area contributed by atoms with E-state index in [1.807, 2.05) is 0 Å². The molecule has 3 atom stereocenters. The van der Waals surface area contributed by atoms with Crippen molar-refractivity contribution in [3.63, 3.8) is 0 Å². The Balaban J connectivity index is 4.48. The molecule has 0 rings (SSSR count). The van der Waals surface area contributed by atoms with Crippen LogP contribution in [0.15, 0.2) is 12.2 Å². The van der Waals surface area contributed by atoms with Gasteiger partial charge in [0.2, 0.25) is 5.91 Å². The van der Waals surface area contributed by atoms with E-state index < -0.39 is 18.2 Å². The lowest BCUT2D eigenvalue weighted by atomic mass is 10.0. The second kappa shape index (κ2) is 45.7. The zero-order chi connectivity index (χ0) is 41.7. The van der Waals surface area contributed by atoms with E-state index in [0.717, 1.165) is 44.9 Å². The average molecular weight is 806 g/mol. The molecular weight excluding hydrogens is 707 g/mol. The van der Waals surface area contributed by atoms with E-state index in [2.05, 4.69) is 38.2 Å². The number of hydrogen-bond donors (Lipinski definition) is 3. The number of rotatable bonds is 46. The monoisotopic (exact) mass is 806 g/mol. The van der Waals surface area contributed by atoms with Gasteiger partial charge in [-0.3, -0.25) is 9.59 Å². The van der Waals surface area contributed by atoms with Gasteiger partial charge >= 0.3 is 5.97 Å². The van der Waals surface area contributed by atoms with Crippen molar-refractivity contribution >= 4 is 11.9 Å². The molecule has 3 N–H and O–H groups in total. The lowest BCUT2D eigenvalue weighted by molar-refractivity contribution is -0.151. The zero-order valence-corrected chi connectivity index (χ0v) is 38.5. The number of hydrogen-bond acceptors (Lipinski definition) is 5. The van der Waals surface area contributed by atoms with Gasteiger partial charge in [-0.25, -0.2) is 0 Å². The van der Waals surface area contributed by atoms with Crippen molar-refractivity contribution in [2.75, 3.05) is 6.61 Å². The van der Waals surface area contributed by atoms with Crippen LogP contribution in [0, 0.1) is 0 Å². The van der Waals surface area contributed by atoms with Crippen molar-refractivity contribution in [2.45, 2.75) is 296 Å². The van der Waals surface area contributed by atoms with Crippen molar-refractivity contribution in [1.82, 2.24) is 5.32 Å². The molecule has 0 aromatic rings. The summed E-state index contributed by atoms with van der Waals surface area (Å²) in [4.78, 5) is 26.1. The maximum absolute atomic E-state index is 13.2. The fourth-order valence-electron chi connectivity index (χ4n) is 7.96. The second-order valence-corrected chi connectivity index (χ2v) is 17.6. The highest BCUT2D eigenvalue weighted by atomic mass is 16.5. The van der Waals surface area contributed by atoms with Crippen LogP contribution < -0.4 is 5.32 Å². The van der Waals surface area contributed by atoms with Gasteiger partial charge in [0, 0.05) is 6.42 Å². The van der Waals surface area contributed by atoms with Gasteiger partial charge in [-0.15, -0.1) is 0 Å². The molecule has 3 unspecified atom stereocenters. The minimum absolute atomic E-state index is 0.0826. The Morgan fingerprint density at radius 1 is 0.491 bits per heavy atom. The lowest BCUT2D eigenvalue weighted by Gasteiger charge is -2.24. The summed E-state index contributed by atoms with van der Waals surface area (Å²) in [6.45, 7) is 6.48. The van der Waals surface area contributed by atoms with Crippen molar-refractivity contribution in [2.24, 2.45) is 0 Å². The van der Waals surface area contributed by atoms with Crippen molar-refractivity contribution < 1.29 is 24.5 Å². The molecule has 6 nitrogen and oxygen atoms in total. The Bertz CT molecular complexity index is 863. The summed E-state index contributed by atoms with van der Waals surface area (Å²) in [7, 11) is 0. The topological polar surface area (TPSA) is 95.9 Å². The van der Waals surface area contributed by atoms with Gasteiger partial charge in [-0.1, -0.05) is 226 Å². The summed E-state index contributed by atoms with van der Waals surface area (Å²) in [5.41, 5.74) is 0. The number of carbonyl (C=O) groups excluding carboxylic acids is 2. The number of aliphatic hydroxyl groups is 2. The predicted molar refractivity (Wildman–Crippen MR) is 246 cm³/mol. The van der Waals surface area contributed by atoms with Gasteiger partial charge in [-0.2, -0.15) is 0 Å². The van der Waals surface area contributed by atoms with Crippen LogP contribution in [0.5, 0.6) is 0 Å². The Labute approximate surface area is 355 Å². The van der Waals surface area contributed by atoms with Crippen LogP contribution in [0.4, 0.5) is 0 Å². The fraction of sp³-hybridized carbons (Fsp3) is 0.922. The number of ether oxygens (including phenoxy) is 1. The van der Waals surface area contributed by atoms with Crippen LogP contribution in [0.3, 0.4) is 0 Å². The molecule has 1 amide bonds. The van der Waals surface area contributed by atoms with Crippen molar-refractivity contribution in [1.29, 1.82) is 0 Å². The normalized spacial score (nSPS) is 13.3. The molecule has 338 valence electrons. The minimum atomic E-state index is -0.780. The van der Waals surface area contributed by atoms with Crippen LogP contribution in [0.25, 0.3) is 0 Å². The van der Waals surface area contributed by atoms with Gasteiger partial charge in [0.05, 0.1) is 25.2 Å². The first kappa shape index (κ1) is 55.6. The molecule has 0 aliphatic rings. The quantitative estimate of drug-likeness (QED) is 0.0323. The van der Waals surface area contributed by atoms with E-state index in [9.17, 15) is 19.8 Å². The minimum Gasteiger partial charge on any atom is -0.462 e. The summed E-state index contributed by atoms with van der Waals surface area (Å²) in [6, 6.07) is -0.694. The fourth-order valence-corrected chi connectivity index (χ4v) is 7.96. The SMILES string of the molecule is CCCCCCCC/C=C/CCCCCCCCCC(=O)OC(CCCCCCCCCCCCC)CC(=O)NC(CO)C(O)CCCCCCCCCCCC. The highest BCUT2D eigenvalue weighted by Crippen LogP contribution is 2.18. The summed E-state index contributed by atoms with van der Waals surface area (Å²) in [5, 5.41) is 23.7. The second-order valence-electron chi connectivity index (χ2n) is 17.6. The molecule has 0 radical (unpaired) electrons. The molecule has 0 saturated heterocycles. The van der Waals surface area contributed by atoms with E-state index in [1.165, 1.54) is 186 Å². The van der Waals surface area contributed by atoms with Crippen LogP contribution in [0.1, 0.15) is 278 Å². The zero-order valence-electron chi connectivity index (χ0n) is 38.5. The number of aliphatic hydroxyl groups excluding tert-OH is 2. The molecule has 6 heteroatoms. The first-order valence-corrected chi connectivity index (χ1v) is 25.4. The highest BCUT2D eigenvalue weighted by molar-refractivity contribution is 5.77. The van der Waals surface area contributed by atoms with Gasteiger partial charge in [0.15, 0.2) is 0 Å². The van der Waals surface area contributed by atoms with Gasteiger partial charge < -0.3 is 20.3 Å². The Morgan fingerprint density at radius 2 is 0.842 bits per heavy atom. The Kier molecular flexibility index (Phi) is 44.6. The van der Waals surface area contributed by atoms with E-state index in [1.54, 1.807) is 0 Å². The van der Waals surface area contributed by atoms with E-state index in [0.29, 0.717) is 19.3 Å². The number of nitrogens with one attached hydrogen (secondary N) is 1. The third-order valence-corrected chi connectivity index (χ3v) is 11.8. The molecule has 0 aliphatic heterocycles. The summed E-state index contributed by atoms with van der Waals surface area (Å²) in [6.07, 6.45) is 49.9. The first-order chi connectivity index (χ1) is 28.0. The summed E-state index contributed by atoms with van der Waals surface area (Å²) < 4.78 is 5.93. The molecule has 0 spiro atoms. The number of amides is 1. The molecule has 57 heavy (non-hydrogen) atoms. The molecule has 0 aliphatic carbocycles.